The van der Waals surface area contributed by atoms with Crippen LogP contribution in [-0.2, 0) is 0 Å². The molecule has 1 aromatic heterocycles. The van der Waals surface area contributed by atoms with E-state index >= 15 is 0 Å². The standard InChI is InChI=1S/C13H18BrN3O/c1-2-3-9-4-5-17(8-9)13(18)11-6-10(14)7-16-12(11)15/h6-7,9H,2-5,8H2,1H3,(H2,15,16). The van der Waals surface area contributed by atoms with E-state index in [-0.39, 0.29) is 5.91 Å². The molecule has 0 radical (unpaired) electrons. The van der Waals surface area contributed by atoms with Crippen molar-refractivity contribution in [2.45, 2.75) is 26.2 Å². The van der Waals surface area contributed by atoms with Crippen molar-refractivity contribution in [3.63, 3.8) is 0 Å². The lowest BCUT2D eigenvalue weighted by Crippen LogP contribution is -2.29. The lowest BCUT2D eigenvalue weighted by molar-refractivity contribution is 0.0787. The van der Waals surface area contributed by atoms with Crippen molar-refractivity contribution in [3.8, 4) is 0 Å². The first-order valence-corrected chi connectivity index (χ1v) is 7.11. The van der Waals surface area contributed by atoms with E-state index in [0.717, 1.165) is 24.0 Å². The number of amides is 1. The van der Waals surface area contributed by atoms with Crippen LogP contribution in [0.2, 0.25) is 0 Å². The van der Waals surface area contributed by atoms with Crippen LogP contribution in [0.3, 0.4) is 0 Å². The Morgan fingerprint density at radius 1 is 1.67 bits per heavy atom. The molecule has 0 aromatic carbocycles. The minimum atomic E-state index is -0.0000898. The summed E-state index contributed by atoms with van der Waals surface area (Å²) in [6, 6.07) is 1.75. The van der Waals surface area contributed by atoms with Gasteiger partial charge >= 0.3 is 0 Å². The molecule has 1 fully saturated rings. The SMILES string of the molecule is CCCC1CCN(C(=O)c2cc(Br)cnc2N)C1. The van der Waals surface area contributed by atoms with Gasteiger partial charge in [-0.2, -0.15) is 0 Å². The van der Waals surface area contributed by atoms with Gasteiger partial charge in [-0.25, -0.2) is 4.98 Å². The lowest BCUT2D eigenvalue weighted by atomic mass is 10.0. The molecule has 98 valence electrons. The number of likely N-dealkylation sites (tertiary alicyclic amines) is 1. The normalized spacial score (nSPS) is 19.2. The largest absolute Gasteiger partial charge is 0.383 e. The number of pyridine rings is 1. The quantitative estimate of drug-likeness (QED) is 0.933. The summed E-state index contributed by atoms with van der Waals surface area (Å²) in [6.45, 7) is 3.86. The number of rotatable bonds is 3. The predicted molar refractivity (Wildman–Crippen MR) is 75.3 cm³/mol. The Kier molecular flexibility index (Phi) is 4.22. The molecule has 0 saturated carbocycles. The Balaban J connectivity index is 2.10. The van der Waals surface area contributed by atoms with Gasteiger partial charge in [-0.15, -0.1) is 0 Å². The molecule has 2 heterocycles. The smallest absolute Gasteiger partial charge is 0.257 e. The zero-order valence-corrected chi connectivity index (χ0v) is 12.1. The van der Waals surface area contributed by atoms with Crippen LogP contribution in [0.5, 0.6) is 0 Å². The van der Waals surface area contributed by atoms with Crippen molar-refractivity contribution in [1.82, 2.24) is 9.88 Å². The second-order valence-corrected chi connectivity index (χ2v) is 5.70. The molecule has 18 heavy (non-hydrogen) atoms. The number of carbonyl (C=O) groups excluding carboxylic acids is 1. The van der Waals surface area contributed by atoms with Gasteiger partial charge in [-0.1, -0.05) is 13.3 Å². The molecule has 1 saturated heterocycles. The number of aromatic nitrogens is 1. The van der Waals surface area contributed by atoms with Gasteiger partial charge in [0.15, 0.2) is 0 Å². The molecule has 1 atom stereocenters. The fourth-order valence-corrected chi connectivity index (χ4v) is 2.78. The molecule has 2 N–H and O–H groups in total. The third-order valence-corrected chi connectivity index (χ3v) is 3.82. The van der Waals surface area contributed by atoms with Crippen LogP contribution in [0.1, 0.15) is 36.5 Å². The maximum atomic E-state index is 12.4. The van der Waals surface area contributed by atoms with Crippen molar-refractivity contribution < 1.29 is 4.79 Å². The van der Waals surface area contributed by atoms with Crippen LogP contribution in [0, 0.1) is 5.92 Å². The first-order chi connectivity index (χ1) is 8.61. The summed E-state index contributed by atoms with van der Waals surface area (Å²) in [5.74, 6) is 0.947. The summed E-state index contributed by atoms with van der Waals surface area (Å²) in [7, 11) is 0. The Morgan fingerprint density at radius 2 is 2.44 bits per heavy atom. The minimum Gasteiger partial charge on any atom is -0.383 e. The van der Waals surface area contributed by atoms with Gasteiger partial charge in [0, 0.05) is 23.8 Å². The minimum absolute atomic E-state index is 0.0000898. The second-order valence-electron chi connectivity index (χ2n) is 4.78. The van der Waals surface area contributed by atoms with E-state index in [4.69, 9.17) is 5.73 Å². The molecule has 1 amide bonds. The Morgan fingerprint density at radius 3 is 3.17 bits per heavy atom. The number of nitrogens with zero attached hydrogens (tertiary/aromatic N) is 2. The summed E-state index contributed by atoms with van der Waals surface area (Å²) in [4.78, 5) is 18.3. The molecule has 4 nitrogen and oxygen atoms in total. The summed E-state index contributed by atoms with van der Waals surface area (Å²) in [6.07, 6.45) is 5.07. The molecule has 0 aliphatic carbocycles. The summed E-state index contributed by atoms with van der Waals surface area (Å²) in [5.41, 5.74) is 6.27. The molecule has 2 rings (SSSR count). The van der Waals surface area contributed by atoms with Gasteiger partial charge in [0.05, 0.1) is 5.56 Å². The molecule has 1 aliphatic rings. The first kappa shape index (κ1) is 13.3. The summed E-state index contributed by atoms with van der Waals surface area (Å²) < 4.78 is 0.782. The number of hydrogen-bond acceptors (Lipinski definition) is 3. The number of nitrogen functional groups attached to an aromatic ring is 1. The number of anilines is 1. The topological polar surface area (TPSA) is 59.2 Å². The van der Waals surface area contributed by atoms with Crippen molar-refractivity contribution in [3.05, 3.63) is 22.3 Å². The highest BCUT2D eigenvalue weighted by Gasteiger charge is 2.27. The number of carbonyl (C=O) groups is 1. The predicted octanol–water partition coefficient (Wildman–Crippen LogP) is 2.69. The van der Waals surface area contributed by atoms with Crippen molar-refractivity contribution in [1.29, 1.82) is 0 Å². The maximum absolute atomic E-state index is 12.4. The third kappa shape index (κ3) is 2.83. The van der Waals surface area contributed by atoms with Gasteiger partial charge in [-0.05, 0) is 40.8 Å². The third-order valence-electron chi connectivity index (χ3n) is 3.39. The molecular formula is C13H18BrN3O. The fraction of sp³-hybridized carbons (Fsp3) is 0.538. The molecule has 5 heteroatoms. The average Bonchev–Trinajstić information content (AvgIpc) is 2.80. The van der Waals surface area contributed by atoms with E-state index in [0.29, 0.717) is 17.3 Å². The van der Waals surface area contributed by atoms with Gasteiger partial charge in [0.2, 0.25) is 0 Å². The van der Waals surface area contributed by atoms with Gasteiger partial charge in [-0.3, -0.25) is 4.79 Å². The molecule has 1 aromatic rings. The zero-order valence-electron chi connectivity index (χ0n) is 10.5. The Hall–Kier alpha value is -1.10. The van der Waals surface area contributed by atoms with Gasteiger partial charge in [0.25, 0.3) is 5.91 Å². The monoisotopic (exact) mass is 311 g/mol. The molecular weight excluding hydrogens is 294 g/mol. The number of nitrogens with two attached hydrogens (primary N) is 1. The van der Waals surface area contributed by atoms with Gasteiger partial charge in [0.1, 0.15) is 5.82 Å². The van der Waals surface area contributed by atoms with E-state index in [1.54, 1.807) is 12.3 Å². The van der Waals surface area contributed by atoms with Crippen LogP contribution >= 0.6 is 15.9 Å². The molecule has 1 aliphatic heterocycles. The van der Waals surface area contributed by atoms with Crippen LogP contribution in [0.15, 0.2) is 16.7 Å². The Labute approximate surface area is 116 Å². The highest BCUT2D eigenvalue weighted by Crippen LogP contribution is 2.24. The van der Waals surface area contributed by atoms with E-state index in [1.165, 1.54) is 12.8 Å². The van der Waals surface area contributed by atoms with E-state index in [2.05, 4.69) is 27.8 Å². The maximum Gasteiger partial charge on any atom is 0.257 e. The number of halogens is 1. The average molecular weight is 312 g/mol. The molecule has 0 spiro atoms. The van der Waals surface area contributed by atoms with Crippen LogP contribution < -0.4 is 5.73 Å². The lowest BCUT2D eigenvalue weighted by Gasteiger charge is -2.17. The van der Waals surface area contributed by atoms with E-state index in [1.807, 2.05) is 4.90 Å². The Bertz CT molecular complexity index is 450. The van der Waals surface area contributed by atoms with E-state index in [9.17, 15) is 4.79 Å². The second kappa shape index (κ2) is 5.69. The highest BCUT2D eigenvalue weighted by molar-refractivity contribution is 9.10. The van der Waals surface area contributed by atoms with Crippen LogP contribution in [-0.4, -0.2) is 28.9 Å². The molecule has 1 unspecified atom stereocenters. The first-order valence-electron chi connectivity index (χ1n) is 6.32. The van der Waals surface area contributed by atoms with E-state index < -0.39 is 0 Å². The van der Waals surface area contributed by atoms with Crippen molar-refractivity contribution in [2.75, 3.05) is 18.8 Å². The van der Waals surface area contributed by atoms with Gasteiger partial charge < -0.3 is 10.6 Å². The van der Waals surface area contributed by atoms with Crippen LogP contribution in [0.4, 0.5) is 5.82 Å². The van der Waals surface area contributed by atoms with Crippen LogP contribution in [0.25, 0.3) is 0 Å². The summed E-state index contributed by atoms with van der Waals surface area (Å²) in [5, 5.41) is 0. The highest BCUT2D eigenvalue weighted by atomic mass is 79.9. The fourth-order valence-electron chi connectivity index (χ4n) is 2.45. The zero-order chi connectivity index (χ0) is 13.1. The van der Waals surface area contributed by atoms with Crippen molar-refractivity contribution in [2.24, 2.45) is 5.92 Å². The molecule has 0 bridgehead atoms. The number of hydrogen-bond donors (Lipinski definition) is 1. The summed E-state index contributed by atoms with van der Waals surface area (Å²) >= 11 is 3.32. The van der Waals surface area contributed by atoms with Crippen molar-refractivity contribution >= 4 is 27.7 Å².